The second kappa shape index (κ2) is 12.0. The van der Waals surface area contributed by atoms with Crippen LogP contribution in [-0.2, 0) is 0 Å². The zero-order valence-corrected chi connectivity index (χ0v) is 29.8. The van der Waals surface area contributed by atoms with Gasteiger partial charge in [-0.15, -0.1) is 0 Å². The third kappa shape index (κ3) is 4.70. The average Bonchev–Trinajstić information content (AvgIpc) is 3.62. The van der Waals surface area contributed by atoms with Gasteiger partial charge < -0.3 is 0 Å². The first-order chi connectivity index (χ1) is 26.7. The molecule has 1 heterocycles. The van der Waals surface area contributed by atoms with Crippen LogP contribution in [0.1, 0.15) is 5.56 Å². The molecule has 0 aliphatic heterocycles. The number of hydrogen-bond donors (Lipinski definition) is 0. The van der Waals surface area contributed by atoms with Gasteiger partial charge in [-0.05, 0) is 119 Å². The molecule has 11 rings (SSSR count). The van der Waals surface area contributed by atoms with Crippen LogP contribution in [0.3, 0.4) is 0 Å². The van der Waals surface area contributed by atoms with E-state index < -0.39 is 0 Å². The fraction of sp³-hybridized carbons (Fsp3) is 0.0192. The fourth-order valence-electron chi connectivity index (χ4n) is 8.75. The minimum absolute atomic E-state index is 0.933. The highest BCUT2D eigenvalue weighted by atomic mass is 15.1. The Labute approximate surface area is 313 Å². The van der Waals surface area contributed by atoms with Crippen LogP contribution >= 0.6 is 0 Å². The van der Waals surface area contributed by atoms with Gasteiger partial charge in [0.25, 0.3) is 0 Å². The molecule has 0 saturated heterocycles. The molecule has 1 aromatic heterocycles. The van der Waals surface area contributed by atoms with Crippen LogP contribution < -0.4 is 0 Å². The number of rotatable bonds is 4. The summed E-state index contributed by atoms with van der Waals surface area (Å²) in [5.74, 6) is 0.933. The van der Waals surface area contributed by atoms with Gasteiger partial charge in [-0.1, -0.05) is 157 Å². The molecule has 0 atom stereocenters. The first-order valence-corrected chi connectivity index (χ1v) is 18.6. The molecule has 0 spiro atoms. The van der Waals surface area contributed by atoms with Crippen LogP contribution in [0.25, 0.3) is 104 Å². The van der Waals surface area contributed by atoms with E-state index in [4.69, 9.17) is 4.98 Å². The number of hydrogen-bond acceptors (Lipinski definition) is 1. The molecule has 0 aliphatic carbocycles. The Balaban J connectivity index is 1.20. The lowest BCUT2D eigenvalue weighted by atomic mass is 9.83. The second-order valence-corrected chi connectivity index (χ2v) is 14.4. The zero-order valence-electron chi connectivity index (χ0n) is 29.8. The first kappa shape index (κ1) is 30.6. The normalized spacial score (nSPS) is 11.8. The van der Waals surface area contributed by atoms with Crippen molar-refractivity contribution in [3.8, 4) is 39.3 Å². The van der Waals surface area contributed by atoms with Gasteiger partial charge in [-0.3, -0.25) is 4.57 Å². The number of imidazole rings is 1. The number of benzene rings is 10. The number of aryl methyl sites for hydroxylation is 1. The summed E-state index contributed by atoms with van der Waals surface area (Å²) >= 11 is 0. The highest BCUT2D eigenvalue weighted by Crippen LogP contribution is 2.47. The molecule has 252 valence electrons. The Morgan fingerprint density at radius 3 is 1.83 bits per heavy atom. The molecule has 0 bridgehead atoms. The Bertz CT molecular complexity index is 3280. The van der Waals surface area contributed by atoms with Gasteiger partial charge in [0.1, 0.15) is 5.82 Å². The maximum absolute atomic E-state index is 5.42. The Hall–Kier alpha value is -7.03. The van der Waals surface area contributed by atoms with E-state index in [2.05, 4.69) is 200 Å². The molecular formula is C52H34N2. The summed E-state index contributed by atoms with van der Waals surface area (Å²) in [4.78, 5) is 5.42. The van der Waals surface area contributed by atoms with E-state index in [1.54, 1.807) is 0 Å². The molecule has 0 saturated carbocycles. The minimum atomic E-state index is 0.933. The number of para-hydroxylation sites is 1. The molecule has 0 aliphatic rings. The van der Waals surface area contributed by atoms with Crippen LogP contribution in [0, 0.1) is 6.92 Å². The van der Waals surface area contributed by atoms with E-state index in [0.29, 0.717) is 0 Å². The molecule has 2 nitrogen and oxygen atoms in total. The van der Waals surface area contributed by atoms with E-state index in [1.807, 2.05) is 0 Å². The lowest BCUT2D eigenvalue weighted by Gasteiger charge is -2.20. The van der Waals surface area contributed by atoms with Crippen molar-refractivity contribution in [3.05, 3.63) is 194 Å². The maximum atomic E-state index is 5.42. The summed E-state index contributed by atoms with van der Waals surface area (Å²) in [6.07, 6.45) is 0. The van der Waals surface area contributed by atoms with Crippen LogP contribution in [0.5, 0.6) is 0 Å². The summed E-state index contributed by atoms with van der Waals surface area (Å²) in [6, 6.07) is 68.6. The molecule has 2 heteroatoms. The molecule has 0 amide bonds. The van der Waals surface area contributed by atoms with Gasteiger partial charge in [-0.2, -0.15) is 0 Å². The van der Waals surface area contributed by atoms with Crippen molar-refractivity contribution in [1.82, 2.24) is 9.55 Å². The van der Waals surface area contributed by atoms with Crippen LogP contribution in [0.4, 0.5) is 0 Å². The molecule has 0 unspecified atom stereocenters. The maximum Gasteiger partial charge on any atom is 0.145 e. The molecule has 54 heavy (non-hydrogen) atoms. The van der Waals surface area contributed by atoms with Crippen molar-refractivity contribution in [2.45, 2.75) is 6.92 Å². The molecular weight excluding hydrogens is 653 g/mol. The fourth-order valence-corrected chi connectivity index (χ4v) is 8.75. The van der Waals surface area contributed by atoms with Crippen molar-refractivity contribution in [1.29, 1.82) is 0 Å². The monoisotopic (exact) mass is 686 g/mol. The predicted molar refractivity (Wildman–Crippen MR) is 230 cm³/mol. The lowest BCUT2D eigenvalue weighted by molar-refractivity contribution is 1.10. The summed E-state index contributed by atoms with van der Waals surface area (Å²) < 4.78 is 2.30. The predicted octanol–water partition coefficient (Wildman–Crippen LogP) is 14.1. The Kier molecular flexibility index (Phi) is 6.80. The number of nitrogens with zero attached hydrogens (tertiary/aromatic N) is 2. The highest BCUT2D eigenvalue weighted by molar-refractivity contribution is 6.26. The van der Waals surface area contributed by atoms with E-state index in [0.717, 1.165) is 33.7 Å². The number of aromatic nitrogens is 2. The van der Waals surface area contributed by atoms with Crippen molar-refractivity contribution >= 4 is 64.9 Å². The van der Waals surface area contributed by atoms with Crippen molar-refractivity contribution in [2.24, 2.45) is 0 Å². The Morgan fingerprint density at radius 1 is 0.389 bits per heavy atom. The van der Waals surface area contributed by atoms with Crippen molar-refractivity contribution < 1.29 is 0 Å². The average molecular weight is 687 g/mol. The molecule has 11 aromatic rings. The highest BCUT2D eigenvalue weighted by Gasteiger charge is 2.21. The third-order valence-electron chi connectivity index (χ3n) is 11.2. The standard InChI is InChI=1S/C52H34N2/c1-33-23-27-45-46(29-33)51(47-31-36-15-7-8-18-40(36)41-19-9-10-20-42(41)47)44-22-12-11-21-43(44)50(45)37-26-28-49-48(32-37)53-52(54(49)39-16-3-2-4-17-39)38-25-24-34-13-5-6-14-35(34)30-38/h2-32H,1H3. The lowest BCUT2D eigenvalue weighted by Crippen LogP contribution is -1.97. The summed E-state index contributed by atoms with van der Waals surface area (Å²) in [7, 11) is 0. The SMILES string of the molecule is Cc1ccc2c(-c3ccc4c(c3)nc(-c3ccc5ccccc5c3)n4-c3ccccc3)c3ccccc3c(-c3cc4ccccc4c4ccccc34)c2c1. The van der Waals surface area contributed by atoms with Gasteiger partial charge in [0.2, 0.25) is 0 Å². The van der Waals surface area contributed by atoms with E-state index in [9.17, 15) is 0 Å². The van der Waals surface area contributed by atoms with Crippen molar-refractivity contribution in [3.63, 3.8) is 0 Å². The molecule has 0 radical (unpaired) electrons. The quantitative estimate of drug-likeness (QED) is 0.133. The number of fused-ring (bicyclic) bond motifs is 7. The van der Waals surface area contributed by atoms with Crippen LogP contribution in [-0.4, -0.2) is 9.55 Å². The van der Waals surface area contributed by atoms with E-state index in [1.165, 1.54) is 76.1 Å². The minimum Gasteiger partial charge on any atom is -0.292 e. The first-order valence-electron chi connectivity index (χ1n) is 18.6. The summed E-state index contributed by atoms with van der Waals surface area (Å²) in [5, 5.41) is 12.5. The topological polar surface area (TPSA) is 17.8 Å². The van der Waals surface area contributed by atoms with Gasteiger partial charge in [0.05, 0.1) is 11.0 Å². The second-order valence-electron chi connectivity index (χ2n) is 14.4. The van der Waals surface area contributed by atoms with E-state index >= 15 is 0 Å². The van der Waals surface area contributed by atoms with Gasteiger partial charge in [-0.25, -0.2) is 4.98 Å². The smallest absolute Gasteiger partial charge is 0.145 e. The summed E-state index contributed by atoms with van der Waals surface area (Å²) in [5.41, 5.74) is 10.4. The van der Waals surface area contributed by atoms with Gasteiger partial charge >= 0.3 is 0 Å². The zero-order chi connectivity index (χ0) is 35.8. The van der Waals surface area contributed by atoms with Crippen molar-refractivity contribution in [2.75, 3.05) is 0 Å². The van der Waals surface area contributed by atoms with E-state index in [-0.39, 0.29) is 0 Å². The van der Waals surface area contributed by atoms with Crippen LogP contribution in [0.2, 0.25) is 0 Å². The van der Waals surface area contributed by atoms with Gasteiger partial charge in [0.15, 0.2) is 0 Å². The molecule has 10 aromatic carbocycles. The van der Waals surface area contributed by atoms with Crippen LogP contribution in [0.15, 0.2) is 188 Å². The third-order valence-corrected chi connectivity index (χ3v) is 11.2. The largest absolute Gasteiger partial charge is 0.292 e. The molecule has 0 fully saturated rings. The molecule has 0 N–H and O–H groups in total. The summed E-state index contributed by atoms with van der Waals surface area (Å²) in [6.45, 7) is 2.20. The Morgan fingerprint density at radius 2 is 1.02 bits per heavy atom. The van der Waals surface area contributed by atoms with Gasteiger partial charge in [0, 0.05) is 11.3 Å².